The van der Waals surface area contributed by atoms with Gasteiger partial charge in [-0.15, -0.1) is 16.7 Å². The molecule has 7 heteroatoms. The minimum absolute atomic E-state index is 0.477. The number of hydrogen-bond acceptors (Lipinski definition) is 5. The predicted octanol–water partition coefficient (Wildman–Crippen LogP) is 0.881. The Morgan fingerprint density at radius 1 is 1.47 bits per heavy atom. The molecule has 0 saturated carbocycles. The Bertz CT molecular complexity index is 399. The Balaban J connectivity index is 1.95. The lowest BCUT2D eigenvalue weighted by Crippen LogP contribution is -2.01. The molecule has 0 bridgehead atoms. The van der Waals surface area contributed by atoms with Gasteiger partial charge in [0.25, 0.3) is 0 Å². The van der Waals surface area contributed by atoms with E-state index in [2.05, 4.69) is 25.0 Å². The zero-order valence-electron chi connectivity index (χ0n) is 8.01. The van der Waals surface area contributed by atoms with Crippen molar-refractivity contribution < 1.29 is 4.52 Å². The molecule has 2 heterocycles. The van der Waals surface area contributed by atoms with E-state index in [1.807, 2.05) is 6.20 Å². The number of alkyl halides is 1. The summed E-state index contributed by atoms with van der Waals surface area (Å²) in [6, 6.07) is 0. The van der Waals surface area contributed by atoms with Gasteiger partial charge in [-0.1, -0.05) is 10.4 Å². The molecule has 0 unspecified atom stereocenters. The van der Waals surface area contributed by atoms with Crippen molar-refractivity contribution in [2.24, 2.45) is 0 Å². The standard InChI is InChI=1S/C8H10ClN5O/c9-3-1-2-7-4-14(13-11-7)5-8-10-6-15-12-8/h4,6H,1-3,5H2. The van der Waals surface area contributed by atoms with Crippen LogP contribution in [0.1, 0.15) is 17.9 Å². The molecule has 0 aliphatic heterocycles. The molecule has 2 aromatic rings. The Kier molecular flexibility index (Phi) is 3.29. The molecule has 15 heavy (non-hydrogen) atoms. The van der Waals surface area contributed by atoms with E-state index in [1.165, 1.54) is 6.39 Å². The van der Waals surface area contributed by atoms with Gasteiger partial charge in [0.15, 0.2) is 5.82 Å². The molecule has 2 rings (SSSR count). The number of aromatic nitrogens is 5. The van der Waals surface area contributed by atoms with Crippen LogP contribution in [0.5, 0.6) is 0 Å². The zero-order chi connectivity index (χ0) is 10.5. The first-order chi connectivity index (χ1) is 7.38. The average molecular weight is 228 g/mol. The van der Waals surface area contributed by atoms with Crippen molar-refractivity contribution in [3.05, 3.63) is 24.1 Å². The number of rotatable bonds is 5. The van der Waals surface area contributed by atoms with Gasteiger partial charge >= 0.3 is 0 Å². The van der Waals surface area contributed by atoms with Crippen molar-refractivity contribution in [1.29, 1.82) is 0 Å². The molecule has 0 aliphatic rings. The topological polar surface area (TPSA) is 69.6 Å². The Labute approximate surface area is 91.2 Å². The number of nitrogens with zero attached hydrogens (tertiary/aromatic N) is 5. The lowest BCUT2D eigenvalue weighted by Gasteiger charge is -1.92. The summed E-state index contributed by atoms with van der Waals surface area (Å²) in [6.07, 6.45) is 4.90. The molecule has 0 fully saturated rings. The van der Waals surface area contributed by atoms with Crippen molar-refractivity contribution in [3.8, 4) is 0 Å². The number of halogens is 1. The van der Waals surface area contributed by atoms with Gasteiger partial charge in [0.1, 0.15) is 6.54 Å². The molecule has 0 radical (unpaired) electrons. The SMILES string of the molecule is ClCCCc1cn(Cc2ncon2)nn1. The van der Waals surface area contributed by atoms with Crippen LogP contribution in [-0.2, 0) is 13.0 Å². The lowest BCUT2D eigenvalue weighted by atomic mass is 10.3. The smallest absolute Gasteiger partial charge is 0.213 e. The molecule has 0 amide bonds. The van der Waals surface area contributed by atoms with E-state index in [1.54, 1.807) is 4.68 Å². The molecular formula is C8H10ClN5O. The fourth-order valence-corrected chi connectivity index (χ4v) is 1.32. The number of hydrogen-bond donors (Lipinski definition) is 0. The maximum absolute atomic E-state index is 5.59. The summed E-state index contributed by atoms with van der Waals surface area (Å²) in [5.74, 6) is 1.22. The van der Waals surface area contributed by atoms with Crippen LogP contribution in [0.4, 0.5) is 0 Å². The highest BCUT2D eigenvalue weighted by molar-refractivity contribution is 6.17. The van der Waals surface area contributed by atoms with Gasteiger partial charge in [-0.25, -0.2) is 4.68 Å². The summed E-state index contributed by atoms with van der Waals surface area (Å²) >= 11 is 5.59. The predicted molar refractivity (Wildman–Crippen MR) is 52.5 cm³/mol. The van der Waals surface area contributed by atoms with Crippen LogP contribution in [0.2, 0.25) is 0 Å². The minimum atomic E-state index is 0.477. The van der Waals surface area contributed by atoms with Gasteiger partial charge in [-0.2, -0.15) is 4.98 Å². The first kappa shape index (κ1) is 10.1. The summed E-state index contributed by atoms with van der Waals surface area (Å²) in [4.78, 5) is 3.90. The average Bonchev–Trinajstić information content (AvgIpc) is 2.87. The Morgan fingerprint density at radius 2 is 2.40 bits per heavy atom. The van der Waals surface area contributed by atoms with Crippen LogP contribution >= 0.6 is 11.6 Å². The molecule has 0 aliphatic carbocycles. The summed E-state index contributed by atoms with van der Waals surface area (Å²) < 4.78 is 6.29. The van der Waals surface area contributed by atoms with E-state index in [9.17, 15) is 0 Å². The highest BCUT2D eigenvalue weighted by atomic mass is 35.5. The molecule has 80 valence electrons. The third-order valence-corrected chi connectivity index (χ3v) is 2.13. The summed E-state index contributed by atoms with van der Waals surface area (Å²) in [7, 11) is 0. The molecular weight excluding hydrogens is 218 g/mol. The maximum atomic E-state index is 5.59. The van der Waals surface area contributed by atoms with Gasteiger partial charge in [0.05, 0.1) is 5.69 Å². The molecule has 0 spiro atoms. The van der Waals surface area contributed by atoms with Crippen molar-refractivity contribution in [2.45, 2.75) is 19.4 Å². The van der Waals surface area contributed by atoms with Crippen molar-refractivity contribution >= 4 is 11.6 Å². The van der Waals surface area contributed by atoms with Crippen molar-refractivity contribution in [3.63, 3.8) is 0 Å². The van der Waals surface area contributed by atoms with E-state index in [4.69, 9.17) is 11.6 Å². The third-order valence-electron chi connectivity index (χ3n) is 1.86. The van der Waals surface area contributed by atoms with Crippen LogP contribution in [0.3, 0.4) is 0 Å². The molecule has 0 N–H and O–H groups in total. The van der Waals surface area contributed by atoms with Crippen LogP contribution in [-0.4, -0.2) is 31.0 Å². The van der Waals surface area contributed by atoms with E-state index in [0.717, 1.165) is 18.5 Å². The largest absolute Gasteiger partial charge is 0.343 e. The first-order valence-electron chi connectivity index (χ1n) is 4.58. The van der Waals surface area contributed by atoms with E-state index in [-0.39, 0.29) is 0 Å². The molecule has 0 aromatic carbocycles. The quantitative estimate of drug-likeness (QED) is 0.710. The van der Waals surface area contributed by atoms with E-state index < -0.39 is 0 Å². The van der Waals surface area contributed by atoms with Gasteiger partial charge in [0, 0.05) is 12.1 Å². The van der Waals surface area contributed by atoms with E-state index >= 15 is 0 Å². The van der Waals surface area contributed by atoms with Crippen LogP contribution in [0, 0.1) is 0 Å². The van der Waals surface area contributed by atoms with Gasteiger partial charge in [0.2, 0.25) is 6.39 Å². The second kappa shape index (κ2) is 4.88. The van der Waals surface area contributed by atoms with Gasteiger partial charge < -0.3 is 4.52 Å². The first-order valence-corrected chi connectivity index (χ1v) is 5.12. The maximum Gasteiger partial charge on any atom is 0.213 e. The van der Waals surface area contributed by atoms with E-state index in [0.29, 0.717) is 18.2 Å². The third kappa shape index (κ3) is 2.76. The normalized spacial score (nSPS) is 10.7. The monoisotopic (exact) mass is 227 g/mol. The number of aryl methyl sites for hydroxylation is 1. The molecule has 0 atom stereocenters. The zero-order valence-corrected chi connectivity index (χ0v) is 8.76. The fraction of sp³-hybridized carbons (Fsp3) is 0.500. The molecule has 0 saturated heterocycles. The lowest BCUT2D eigenvalue weighted by molar-refractivity contribution is 0.406. The van der Waals surface area contributed by atoms with Crippen LogP contribution in [0.25, 0.3) is 0 Å². The van der Waals surface area contributed by atoms with Gasteiger partial charge in [-0.3, -0.25) is 0 Å². The summed E-state index contributed by atoms with van der Waals surface area (Å²) in [5, 5.41) is 11.6. The van der Waals surface area contributed by atoms with Crippen LogP contribution < -0.4 is 0 Å². The summed E-state index contributed by atoms with van der Waals surface area (Å²) in [5.41, 5.74) is 0.930. The fourth-order valence-electron chi connectivity index (χ4n) is 1.19. The molecule has 2 aromatic heterocycles. The molecule has 6 nitrogen and oxygen atoms in total. The Morgan fingerprint density at radius 3 is 3.13 bits per heavy atom. The van der Waals surface area contributed by atoms with Gasteiger partial charge in [-0.05, 0) is 12.8 Å². The second-order valence-electron chi connectivity index (χ2n) is 3.05. The second-order valence-corrected chi connectivity index (χ2v) is 3.43. The van der Waals surface area contributed by atoms with Crippen molar-refractivity contribution in [1.82, 2.24) is 25.1 Å². The van der Waals surface area contributed by atoms with Crippen LogP contribution in [0.15, 0.2) is 17.1 Å². The minimum Gasteiger partial charge on any atom is -0.343 e. The highest BCUT2D eigenvalue weighted by Gasteiger charge is 2.03. The summed E-state index contributed by atoms with van der Waals surface area (Å²) in [6.45, 7) is 0.477. The Hall–Kier alpha value is -1.43. The van der Waals surface area contributed by atoms with Crippen molar-refractivity contribution in [2.75, 3.05) is 5.88 Å². The highest BCUT2D eigenvalue weighted by Crippen LogP contribution is 2.00.